The number of pyridine rings is 1. The monoisotopic (exact) mass is 369 g/mol. The molecule has 3 rings (SSSR count). The summed E-state index contributed by atoms with van der Waals surface area (Å²) < 4.78 is 38.6. The van der Waals surface area contributed by atoms with E-state index in [0.717, 1.165) is 37.9 Å². The maximum absolute atomic E-state index is 13.1. The van der Waals surface area contributed by atoms with Crippen molar-refractivity contribution < 1.29 is 18.0 Å². The van der Waals surface area contributed by atoms with Gasteiger partial charge in [-0.05, 0) is 24.8 Å². The molecule has 0 spiro atoms. The Morgan fingerprint density at radius 1 is 1.12 bits per heavy atom. The number of hydrogen-bond donors (Lipinski definition) is 0. The molecule has 1 saturated heterocycles. The maximum atomic E-state index is 13.1. The van der Waals surface area contributed by atoms with Crippen LogP contribution in [0.15, 0.2) is 18.5 Å². The van der Waals surface area contributed by atoms with Crippen molar-refractivity contribution in [2.24, 2.45) is 11.3 Å². The lowest BCUT2D eigenvalue weighted by molar-refractivity contribution is -0.145. The predicted octanol–water partition coefficient (Wildman–Crippen LogP) is 3.97. The number of alkyl halides is 3. The predicted molar refractivity (Wildman–Crippen MR) is 93.8 cm³/mol. The highest BCUT2D eigenvalue weighted by Crippen LogP contribution is 2.45. The minimum atomic E-state index is -4.40. The number of halogens is 3. The van der Waals surface area contributed by atoms with Crippen molar-refractivity contribution in [2.75, 3.05) is 31.1 Å². The average molecular weight is 369 g/mol. The summed E-state index contributed by atoms with van der Waals surface area (Å²) >= 11 is 0. The van der Waals surface area contributed by atoms with Crippen LogP contribution in [0.1, 0.15) is 45.1 Å². The first-order valence-corrected chi connectivity index (χ1v) is 9.30. The van der Waals surface area contributed by atoms with Crippen LogP contribution >= 0.6 is 0 Å². The number of rotatable bonds is 3. The first kappa shape index (κ1) is 19.0. The van der Waals surface area contributed by atoms with Crippen molar-refractivity contribution in [1.29, 1.82) is 0 Å². The second-order valence-electron chi connectivity index (χ2n) is 7.73. The molecule has 0 N–H and O–H groups in total. The number of amides is 1. The number of nitrogens with zero attached hydrogens (tertiary/aromatic N) is 3. The van der Waals surface area contributed by atoms with Crippen LogP contribution in [0.25, 0.3) is 0 Å². The smallest absolute Gasteiger partial charge is 0.367 e. The van der Waals surface area contributed by atoms with Crippen LogP contribution in [0.4, 0.5) is 18.9 Å². The molecule has 0 atom stereocenters. The molecular formula is C19H26F3N3O. The van der Waals surface area contributed by atoms with Gasteiger partial charge in [-0.1, -0.05) is 26.7 Å². The van der Waals surface area contributed by atoms with E-state index in [1.165, 1.54) is 6.20 Å². The van der Waals surface area contributed by atoms with E-state index in [1.54, 1.807) is 0 Å². The first-order chi connectivity index (χ1) is 12.2. The molecule has 0 bridgehead atoms. The zero-order chi connectivity index (χ0) is 18.9. The third-order valence-corrected chi connectivity index (χ3v) is 6.01. The molecule has 1 aliphatic heterocycles. The molecule has 1 aliphatic carbocycles. The van der Waals surface area contributed by atoms with Crippen molar-refractivity contribution in [2.45, 2.75) is 45.7 Å². The lowest BCUT2D eigenvalue weighted by Crippen LogP contribution is -2.54. The van der Waals surface area contributed by atoms with E-state index in [4.69, 9.17) is 0 Å². The van der Waals surface area contributed by atoms with Gasteiger partial charge in [-0.15, -0.1) is 0 Å². The highest BCUT2D eigenvalue weighted by molar-refractivity contribution is 5.83. The van der Waals surface area contributed by atoms with E-state index >= 15 is 0 Å². The van der Waals surface area contributed by atoms with Crippen molar-refractivity contribution in [1.82, 2.24) is 9.88 Å². The standard InChI is InChI=1S/C19H26F3N3O/c1-14(2)18(5-3-4-6-18)17(26)25-9-7-24(8-10-25)16-11-15(12-23-13-16)19(20,21)22/h11-14H,3-10H2,1-2H3. The lowest BCUT2D eigenvalue weighted by atomic mass is 9.74. The van der Waals surface area contributed by atoms with E-state index < -0.39 is 11.7 Å². The van der Waals surface area contributed by atoms with Crippen LogP contribution in [-0.2, 0) is 11.0 Å². The number of aromatic nitrogens is 1. The Morgan fingerprint density at radius 2 is 1.73 bits per heavy atom. The van der Waals surface area contributed by atoms with E-state index in [0.29, 0.717) is 37.8 Å². The fourth-order valence-corrected chi connectivity index (χ4v) is 4.28. The van der Waals surface area contributed by atoms with E-state index in [9.17, 15) is 18.0 Å². The van der Waals surface area contributed by atoms with Gasteiger partial charge in [0.05, 0.1) is 22.9 Å². The molecule has 1 aromatic heterocycles. The molecule has 0 radical (unpaired) electrons. The molecule has 144 valence electrons. The maximum Gasteiger partial charge on any atom is 0.417 e. The molecule has 7 heteroatoms. The molecule has 1 amide bonds. The van der Waals surface area contributed by atoms with Crippen molar-refractivity contribution in [3.05, 3.63) is 24.0 Å². The average Bonchev–Trinajstić information content (AvgIpc) is 3.12. The van der Waals surface area contributed by atoms with Gasteiger partial charge in [-0.3, -0.25) is 9.78 Å². The number of piperazine rings is 1. The SMILES string of the molecule is CC(C)C1(C(=O)N2CCN(c3cncc(C(F)(F)F)c3)CC2)CCCC1. The van der Waals surface area contributed by atoms with Gasteiger partial charge in [-0.2, -0.15) is 13.2 Å². The topological polar surface area (TPSA) is 36.4 Å². The molecule has 2 heterocycles. The molecule has 2 fully saturated rings. The first-order valence-electron chi connectivity index (χ1n) is 9.30. The Morgan fingerprint density at radius 3 is 2.27 bits per heavy atom. The van der Waals surface area contributed by atoms with Crippen LogP contribution in [0.3, 0.4) is 0 Å². The number of anilines is 1. The van der Waals surface area contributed by atoms with Crippen molar-refractivity contribution >= 4 is 11.6 Å². The Balaban J connectivity index is 1.67. The molecule has 1 saturated carbocycles. The Bertz CT molecular complexity index is 646. The minimum absolute atomic E-state index is 0.229. The quantitative estimate of drug-likeness (QED) is 0.809. The second kappa shape index (κ2) is 7.08. The molecular weight excluding hydrogens is 343 g/mol. The largest absolute Gasteiger partial charge is 0.417 e. The van der Waals surface area contributed by atoms with Gasteiger partial charge in [-0.25, -0.2) is 0 Å². The summed E-state index contributed by atoms with van der Waals surface area (Å²) in [5, 5.41) is 0. The van der Waals surface area contributed by atoms with Gasteiger partial charge < -0.3 is 9.80 Å². The normalized spacial score (nSPS) is 20.7. The van der Waals surface area contributed by atoms with Crippen LogP contribution in [-0.4, -0.2) is 42.0 Å². The van der Waals surface area contributed by atoms with Gasteiger partial charge in [0.1, 0.15) is 0 Å². The molecule has 1 aromatic rings. The highest BCUT2D eigenvalue weighted by Gasteiger charge is 2.46. The number of carbonyl (C=O) groups excluding carboxylic acids is 1. The Labute approximate surface area is 152 Å². The van der Waals surface area contributed by atoms with Gasteiger partial charge >= 0.3 is 6.18 Å². The second-order valence-corrected chi connectivity index (χ2v) is 7.73. The summed E-state index contributed by atoms with van der Waals surface area (Å²) in [7, 11) is 0. The fourth-order valence-electron chi connectivity index (χ4n) is 4.28. The lowest BCUT2D eigenvalue weighted by Gasteiger charge is -2.42. The van der Waals surface area contributed by atoms with Crippen LogP contribution in [0, 0.1) is 11.3 Å². The highest BCUT2D eigenvalue weighted by atomic mass is 19.4. The van der Waals surface area contributed by atoms with Crippen molar-refractivity contribution in [3.63, 3.8) is 0 Å². The summed E-state index contributed by atoms with van der Waals surface area (Å²) in [6, 6.07) is 1.14. The van der Waals surface area contributed by atoms with Gasteiger partial charge in [0.2, 0.25) is 5.91 Å². The summed E-state index contributed by atoms with van der Waals surface area (Å²) in [6.07, 6.45) is 1.99. The van der Waals surface area contributed by atoms with E-state index in [2.05, 4.69) is 18.8 Å². The molecule has 4 nitrogen and oxygen atoms in total. The van der Waals surface area contributed by atoms with Crippen LogP contribution < -0.4 is 4.90 Å². The number of hydrogen-bond acceptors (Lipinski definition) is 3. The fraction of sp³-hybridized carbons (Fsp3) is 0.684. The Hall–Kier alpha value is -1.79. The van der Waals surface area contributed by atoms with Gasteiger partial charge in [0.25, 0.3) is 0 Å². The van der Waals surface area contributed by atoms with Crippen LogP contribution in [0.2, 0.25) is 0 Å². The molecule has 2 aliphatic rings. The zero-order valence-electron chi connectivity index (χ0n) is 15.4. The van der Waals surface area contributed by atoms with E-state index in [-0.39, 0.29) is 11.3 Å². The van der Waals surface area contributed by atoms with Gasteiger partial charge in [0, 0.05) is 32.4 Å². The molecule has 0 unspecified atom stereocenters. The molecule has 0 aromatic carbocycles. The third kappa shape index (κ3) is 3.53. The zero-order valence-corrected chi connectivity index (χ0v) is 15.4. The molecule has 26 heavy (non-hydrogen) atoms. The van der Waals surface area contributed by atoms with Crippen molar-refractivity contribution in [3.8, 4) is 0 Å². The third-order valence-electron chi connectivity index (χ3n) is 6.01. The van der Waals surface area contributed by atoms with Crippen LogP contribution in [0.5, 0.6) is 0 Å². The van der Waals surface area contributed by atoms with E-state index in [1.807, 2.05) is 9.80 Å². The summed E-state index contributed by atoms with van der Waals surface area (Å²) in [5.41, 5.74) is -0.524. The Kier molecular flexibility index (Phi) is 5.17. The number of carbonyl (C=O) groups is 1. The summed E-state index contributed by atoms with van der Waals surface area (Å²) in [6.45, 7) is 6.39. The summed E-state index contributed by atoms with van der Waals surface area (Å²) in [5.74, 6) is 0.537. The summed E-state index contributed by atoms with van der Waals surface area (Å²) in [4.78, 5) is 20.7. The van der Waals surface area contributed by atoms with Gasteiger partial charge in [0.15, 0.2) is 0 Å². The minimum Gasteiger partial charge on any atom is -0.367 e.